The molecule has 102 valence electrons. The van der Waals surface area contributed by atoms with E-state index < -0.39 is 10.0 Å². The van der Waals surface area contributed by atoms with Crippen LogP contribution in [0.15, 0.2) is 16.3 Å². The van der Waals surface area contributed by atoms with E-state index in [0.717, 1.165) is 43.6 Å². The van der Waals surface area contributed by atoms with Crippen LogP contribution in [0.25, 0.3) is 0 Å². The number of rotatable bonds is 7. The van der Waals surface area contributed by atoms with Gasteiger partial charge in [0.1, 0.15) is 4.21 Å². The van der Waals surface area contributed by atoms with Gasteiger partial charge < -0.3 is 5.32 Å². The van der Waals surface area contributed by atoms with Crippen molar-refractivity contribution < 1.29 is 8.42 Å². The van der Waals surface area contributed by atoms with Crippen molar-refractivity contribution in [2.24, 2.45) is 0 Å². The standard InChI is InChI=1S/C12H20N2O2S2/c1-2-8-13-9-11-6-7-12(17-11)18(15,16)14-10-4-3-5-10/h6-7,10,13-14H,2-5,8-9H2,1H3. The molecular weight excluding hydrogens is 268 g/mol. The third-order valence-corrected chi connectivity index (χ3v) is 6.15. The van der Waals surface area contributed by atoms with Gasteiger partial charge in [0.25, 0.3) is 0 Å². The number of hydrogen-bond acceptors (Lipinski definition) is 4. The first kappa shape index (κ1) is 14.0. The molecule has 2 rings (SSSR count). The van der Waals surface area contributed by atoms with E-state index in [1.54, 1.807) is 6.07 Å². The molecule has 2 N–H and O–H groups in total. The zero-order chi connectivity index (χ0) is 13.0. The monoisotopic (exact) mass is 288 g/mol. The zero-order valence-corrected chi connectivity index (χ0v) is 12.2. The minimum atomic E-state index is -3.29. The maximum atomic E-state index is 12.1. The van der Waals surface area contributed by atoms with Crippen LogP contribution in [0.2, 0.25) is 0 Å². The van der Waals surface area contributed by atoms with Crippen LogP contribution < -0.4 is 10.0 Å². The fourth-order valence-electron chi connectivity index (χ4n) is 1.79. The van der Waals surface area contributed by atoms with Crippen molar-refractivity contribution in [3.05, 3.63) is 17.0 Å². The number of hydrogen-bond donors (Lipinski definition) is 2. The van der Waals surface area contributed by atoms with E-state index in [1.807, 2.05) is 6.07 Å². The SMILES string of the molecule is CCCNCc1ccc(S(=O)(=O)NC2CCC2)s1. The van der Waals surface area contributed by atoms with Crippen LogP contribution in [0.1, 0.15) is 37.5 Å². The smallest absolute Gasteiger partial charge is 0.250 e. The summed E-state index contributed by atoms with van der Waals surface area (Å²) in [7, 11) is -3.29. The van der Waals surface area contributed by atoms with Gasteiger partial charge in [-0.3, -0.25) is 0 Å². The lowest BCUT2D eigenvalue weighted by atomic mass is 9.94. The van der Waals surface area contributed by atoms with E-state index in [-0.39, 0.29) is 6.04 Å². The Labute approximate surface area is 113 Å². The first-order valence-corrected chi connectivity index (χ1v) is 8.73. The van der Waals surface area contributed by atoms with Crippen LogP contribution in [0.5, 0.6) is 0 Å². The molecule has 1 aliphatic rings. The van der Waals surface area contributed by atoms with Gasteiger partial charge >= 0.3 is 0 Å². The summed E-state index contributed by atoms with van der Waals surface area (Å²) in [5.74, 6) is 0. The summed E-state index contributed by atoms with van der Waals surface area (Å²) in [6, 6.07) is 3.75. The van der Waals surface area contributed by atoms with Gasteiger partial charge in [-0.05, 0) is 37.9 Å². The fraction of sp³-hybridized carbons (Fsp3) is 0.667. The van der Waals surface area contributed by atoms with E-state index in [2.05, 4.69) is 17.0 Å². The molecule has 18 heavy (non-hydrogen) atoms. The normalized spacial score (nSPS) is 16.7. The van der Waals surface area contributed by atoms with E-state index in [4.69, 9.17) is 0 Å². The third-order valence-electron chi connectivity index (χ3n) is 3.05. The highest BCUT2D eigenvalue weighted by Crippen LogP contribution is 2.25. The Bertz CT molecular complexity index is 478. The second-order valence-electron chi connectivity index (χ2n) is 4.65. The second-order valence-corrected chi connectivity index (χ2v) is 7.76. The Hall–Kier alpha value is -0.430. The largest absolute Gasteiger partial charge is 0.312 e. The van der Waals surface area contributed by atoms with Gasteiger partial charge in [-0.15, -0.1) is 11.3 Å². The fourth-order valence-corrected chi connectivity index (χ4v) is 4.44. The summed E-state index contributed by atoms with van der Waals surface area (Å²) in [4.78, 5) is 1.07. The molecule has 1 aliphatic carbocycles. The summed E-state index contributed by atoms with van der Waals surface area (Å²) in [6.07, 6.45) is 4.15. The first-order valence-electron chi connectivity index (χ1n) is 6.43. The Kier molecular flexibility index (Phi) is 4.77. The molecule has 1 aromatic rings. The van der Waals surface area contributed by atoms with Gasteiger partial charge in [-0.2, -0.15) is 0 Å². The van der Waals surface area contributed by atoms with Crippen molar-refractivity contribution >= 4 is 21.4 Å². The average Bonchev–Trinajstić information content (AvgIpc) is 2.74. The highest BCUT2D eigenvalue weighted by Gasteiger charge is 2.25. The van der Waals surface area contributed by atoms with Crippen LogP contribution in [0.3, 0.4) is 0 Å². The molecule has 0 radical (unpaired) electrons. The molecule has 1 saturated carbocycles. The summed E-state index contributed by atoms with van der Waals surface area (Å²) < 4.78 is 27.3. The van der Waals surface area contributed by atoms with Crippen molar-refractivity contribution in [3.8, 4) is 0 Å². The average molecular weight is 288 g/mol. The maximum absolute atomic E-state index is 12.1. The lowest BCUT2D eigenvalue weighted by Crippen LogP contribution is -2.39. The molecule has 0 saturated heterocycles. The lowest BCUT2D eigenvalue weighted by Gasteiger charge is -2.25. The molecule has 0 aliphatic heterocycles. The molecule has 4 nitrogen and oxygen atoms in total. The molecule has 0 atom stereocenters. The molecule has 0 bridgehead atoms. The van der Waals surface area contributed by atoms with E-state index >= 15 is 0 Å². The van der Waals surface area contributed by atoms with Crippen LogP contribution >= 0.6 is 11.3 Å². The maximum Gasteiger partial charge on any atom is 0.250 e. The number of thiophene rings is 1. The van der Waals surface area contributed by atoms with Gasteiger partial charge in [0.2, 0.25) is 10.0 Å². The number of sulfonamides is 1. The summed E-state index contributed by atoms with van der Waals surface area (Å²) in [5, 5.41) is 3.27. The van der Waals surface area contributed by atoms with Gasteiger partial charge in [-0.25, -0.2) is 13.1 Å². The highest BCUT2D eigenvalue weighted by molar-refractivity contribution is 7.91. The van der Waals surface area contributed by atoms with E-state index in [1.165, 1.54) is 11.3 Å². The van der Waals surface area contributed by atoms with E-state index in [9.17, 15) is 8.42 Å². The van der Waals surface area contributed by atoms with E-state index in [0.29, 0.717) is 4.21 Å². The summed E-state index contributed by atoms with van der Waals surface area (Å²) in [5.41, 5.74) is 0. The second kappa shape index (κ2) is 6.14. The van der Waals surface area contributed by atoms with Gasteiger partial charge in [-0.1, -0.05) is 13.3 Å². The quantitative estimate of drug-likeness (QED) is 0.755. The lowest BCUT2D eigenvalue weighted by molar-refractivity contribution is 0.384. The van der Waals surface area contributed by atoms with Crippen LogP contribution in [-0.2, 0) is 16.6 Å². The van der Waals surface area contributed by atoms with Crippen LogP contribution in [0, 0.1) is 0 Å². The molecule has 0 amide bonds. The Morgan fingerprint density at radius 1 is 1.39 bits per heavy atom. The van der Waals surface area contributed by atoms with Gasteiger partial charge in [0.15, 0.2) is 0 Å². The molecule has 1 heterocycles. The van der Waals surface area contributed by atoms with Gasteiger partial charge in [0.05, 0.1) is 0 Å². The minimum absolute atomic E-state index is 0.152. The predicted octanol–water partition coefficient (Wildman–Crippen LogP) is 2.08. The zero-order valence-electron chi connectivity index (χ0n) is 10.6. The molecule has 1 fully saturated rings. The summed E-state index contributed by atoms with van der Waals surface area (Å²) >= 11 is 1.35. The molecule has 0 unspecified atom stereocenters. The minimum Gasteiger partial charge on any atom is -0.312 e. The van der Waals surface area contributed by atoms with Crippen molar-refractivity contribution in [2.45, 2.75) is 49.4 Å². The Balaban J connectivity index is 1.95. The van der Waals surface area contributed by atoms with Crippen molar-refractivity contribution in [2.75, 3.05) is 6.54 Å². The molecule has 6 heteroatoms. The first-order chi connectivity index (χ1) is 8.62. The van der Waals surface area contributed by atoms with Crippen molar-refractivity contribution in [1.82, 2.24) is 10.0 Å². The topological polar surface area (TPSA) is 58.2 Å². The molecule has 0 spiro atoms. The Morgan fingerprint density at radius 2 is 2.17 bits per heavy atom. The van der Waals surface area contributed by atoms with Crippen molar-refractivity contribution in [3.63, 3.8) is 0 Å². The highest BCUT2D eigenvalue weighted by atomic mass is 32.2. The molecular formula is C12H20N2O2S2. The predicted molar refractivity (Wildman–Crippen MR) is 74.3 cm³/mol. The third kappa shape index (κ3) is 3.54. The van der Waals surface area contributed by atoms with Crippen molar-refractivity contribution in [1.29, 1.82) is 0 Å². The Morgan fingerprint density at radius 3 is 2.78 bits per heavy atom. The van der Waals surface area contributed by atoms with Crippen LogP contribution in [0.4, 0.5) is 0 Å². The number of nitrogens with one attached hydrogen (secondary N) is 2. The van der Waals surface area contributed by atoms with Gasteiger partial charge in [0, 0.05) is 17.5 Å². The summed E-state index contributed by atoms with van der Waals surface area (Å²) in [6.45, 7) is 3.82. The van der Waals surface area contributed by atoms with Crippen LogP contribution in [-0.4, -0.2) is 21.0 Å². The molecule has 1 aromatic heterocycles. The molecule has 0 aromatic carbocycles.